The van der Waals surface area contributed by atoms with Gasteiger partial charge in [0.15, 0.2) is 0 Å². The molecule has 0 aliphatic carbocycles. The molecule has 6 nitrogen and oxygen atoms in total. The molecule has 4 rings (SSSR count). The molecule has 4 aromatic carbocycles. The maximum absolute atomic E-state index is 16.2. The van der Waals surface area contributed by atoms with E-state index in [4.69, 9.17) is 32.4 Å². The second-order valence-electron chi connectivity index (χ2n) is 8.58. The molecule has 0 aliphatic rings. The normalized spacial score (nSPS) is 12.3. The molecular formula is C27H22F6N4O2. The van der Waals surface area contributed by atoms with Gasteiger partial charge in [0.2, 0.25) is 5.67 Å². The van der Waals surface area contributed by atoms with Crippen LogP contribution >= 0.6 is 0 Å². The number of anilines is 4. The fourth-order valence-electron chi connectivity index (χ4n) is 3.80. The molecule has 0 spiro atoms. The lowest BCUT2D eigenvalue weighted by Gasteiger charge is -2.35. The van der Waals surface area contributed by atoms with E-state index < -0.39 is 28.9 Å². The Kier molecular flexibility index (Phi) is 6.90. The Hall–Kier alpha value is -4.74. The topological polar surface area (TPSA) is 123 Å². The number of ether oxygens (including phenoxy) is 2. The van der Waals surface area contributed by atoms with E-state index in [1.807, 2.05) is 0 Å². The van der Waals surface area contributed by atoms with E-state index in [0.717, 1.165) is 48.5 Å². The lowest BCUT2D eigenvalue weighted by atomic mass is 9.82. The number of rotatable bonds is 7. The van der Waals surface area contributed by atoms with Gasteiger partial charge in [-0.25, -0.2) is 4.39 Å². The Morgan fingerprint density at radius 2 is 0.846 bits per heavy atom. The maximum Gasteiger partial charge on any atom is 0.457 e. The quantitative estimate of drug-likeness (QED) is 0.146. The summed E-state index contributed by atoms with van der Waals surface area (Å²) in [4.78, 5) is 0. The minimum atomic E-state index is -6.22. The third kappa shape index (κ3) is 5.17. The van der Waals surface area contributed by atoms with Crippen LogP contribution in [-0.4, -0.2) is 12.1 Å². The summed E-state index contributed by atoms with van der Waals surface area (Å²) in [6.07, 6.45) is -6.22. The molecule has 0 fully saturated rings. The van der Waals surface area contributed by atoms with Crippen molar-refractivity contribution in [3.05, 3.63) is 96.1 Å². The number of halogens is 6. The van der Waals surface area contributed by atoms with Crippen molar-refractivity contribution in [2.75, 3.05) is 22.9 Å². The molecular weight excluding hydrogens is 526 g/mol. The van der Waals surface area contributed by atoms with Crippen molar-refractivity contribution < 1.29 is 35.8 Å². The molecule has 0 aliphatic heterocycles. The fourth-order valence-corrected chi connectivity index (χ4v) is 3.80. The summed E-state index contributed by atoms with van der Waals surface area (Å²) in [5, 5.41) is 0. The standard InChI is InChI=1S/C27H22F6N4O2/c28-25(26(29,30)27(31,32)33,15-1-7-19(8-2-15)38-23-11-5-17(34)13-21(23)36)16-3-9-20(10-4-16)39-24-12-6-18(35)14-22(24)37/h1-14H,34-37H2. The van der Waals surface area contributed by atoms with Crippen LogP contribution in [0.2, 0.25) is 0 Å². The fraction of sp³-hybridized carbons (Fsp3) is 0.111. The summed E-state index contributed by atoms with van der Waals surface area (Å²) in [6, 6.07) is 16.0. The third-order valence-corrected chi connectivity index (χ3v) is 5.82. The summed E-state index contributed by atoms with van der Waals surface area (Å²) in [6.45, 7) is 0. The molecule has 204 valence electrons. The Balaban J connectivity index is 1.69. The van der Waals surface area contributed by atoms with Gasteiger partial charge in [-0.05, 0) is 60.7 Å². The minimum Gasteiger partial charge on any atom is -0.455 e. The van der Waals surface area contributed by atoms with Gasteiger partial charge in [-0.2, -0.15) is 22.0 Å². The highest BCUT2D eigenvalue weighted by Gasteiger charge is 2.72. The number of benzene rings is 4. The Labute approximate surface area is 218 Å². The predicted octanol–water partition coefficient (Wildman–Crippen LogP) is 7.01. The average molecular weight is 548 g/mol. The molecule has 8 N–H and O–H groups in total. The van der Waals surface area contributed by atoms with Crippen molar-refractivity contribution in [3.63, 3.8) is 0 Å². The van der Waals surface area contributed by atoms with E-state index in [1.54, 1.807) is 0 Å². The monoisotopic (exact) mass is 548 g/mol. The number of hydrogen-bond donors (Lipinski definition) is 4. The second-order valence-corrected chi connectivity index (χ2v) is 8.58. The lowest BCUT2D eigenvalue weighted by Crippen LogP contribution is -2.53. The Morgan fingerprint density at radius 1 is 0.487 bits per heavy atom. The highest BCUT2D eigenvalue weighted by Crippen LogP contribution is 2.54. The summed E-state index contributed by atoms with van der Waals surface area (Å²) in [5.74, 6) is -5.48. The van der Waals surface area contributed by atoms with E-state index in [1.165, 1.54) is 36.4 Å². The van der Waals surface area contributed by atoms with Crippen LogP contribution in [0.4, 0.5) is 49.1 Å². The average Bonchev–Trinajstić information content (AvgIpc) is 2.87. The Bertz CT molecular complexity index is 1380. The van der Waals surface area contributed by atoms with E-state index in [9.17, 15) is 22.0 Å². The van der Waals surface area contributed by atoms with Crippen LogP contribution in [0.1, 0.15) is 11.1 Å². The molecule has 4 aromatic rings. The first kappa shape index (κ1) is 27.3. The summed E-state index contributed by atoms with van der Waals surface area (Å²) < 4.78 is 97.4. The Morgan fingerprint density at radius 3 is 1.15 bits per heavy atom. The lowest BCUT2D eigenvalue weighted by molar-refractivity contribution is -0.323. The van der Waals surface area contributed by atoms with Crippen LogP contribution in [0, 0.1) is 0 Å². The molecule has 0 aromatic heterocycles. The molecule has 0 bridgehead atoms. The zero-order valence-corrected chi connectivity index (χ0v) is 20.0. The van der Waals surface area contributed by atoms with Crippen LogP contribution in [0.3, 0.4) is 0 Å². The zero-order chi connectivity index (χ0) is 28.6. The van der Waals surface area contributed by atoms with Crippen LogP contribution in [0.15, 0.2) is 84.9 Å². The van der Waals surface area contributed by atoms with Gasteiger partial charge in [0.1, 0.15) is 23.0 Å². The van der Waals surface area contributed by atoms with Crippen molar-refractivity contribution in [1.29, 1.82) is 0 Å². The summed E-state index contributed by atoms with van der Waals surface area (Å²) in [5.41, 5.74) is 17.7. The first-order chi connectivity index (χ1) is 18.2. The number of nitrogen functional groups attached to an aromatic ring is 4. The van der Waals surface area contributed by atoms with Crippen molar-refractivity contribution in [2.45, 2.75) is 17.8 Å². The van der Waals surface area contributed by atoms with Gasteiger partial charge in [-0.3, -0.25) is 0 Å². The van der Waals surface area contributed by atoms with E-state index in [-0.39, 0.29) is 34.4 Å². The van der Waals surface area contributed by atoms with Gasteiger partial charge in [0.05, 0.1) is 11.4 Å². The molecule has 0 saturated carbocycles. The zero-order valence-electron chi connectivity index (χ0n) is 20.0. The first-order valence-electron chi connectivity index (χ1n) is 11.2. The van der Waals surface area contributed by atoms with Crippen LogP contribution in [0.25, 0.3) is 0 Å². The summed E-state index contributed by atoms with van der Waals surface area (Å²) in [7, 11) is 0. The minimum absolute atomic E-state index is 0.0118. The SMILES string of the molecule is Nc1ccc(Oc2ccc(C(F)(c3ccc(Oc4ccc(N)cc4N)cc3)C(F)(F)C(F)(F)F)cc2)c(N)c1. The van der Waals surface area contributed by atoms with Gasteiger partial charge in [0.25, 0.3) is 0 Å². The second kappa shape index (κ2) is 9.86. The molecule has 0 amide bonds. The van der Waals surface area contributed by atoms with Crippen molar-refractivity contribution in [1.82, 2.24) is 0 Å². The van der Waals surface area contributed by atoms with Crippen molar-refractivity contribution >= 4 is 22.7 Å². The molecule has 0 saturated heterocycles. The third-order valence-electron chi connectivity index (χ3n) is 5.82. The van der Waals surface area contributed by atoms with E-state index in [0.29, 0.717) is 11.4 Å². The summed E-state index contributed by atoms with van der Waals surface area (Å²) >= 11 is 0. The molecule has 0 unspecified atom stereocenters. The number of hydrogen-bond acceptors (Lipinski definition) is 6. The highest BCUT2D eigenvalue weighted by atomic mass is 19.4. The van der Waals surface area contributed by atoms with Crippen molar-refractivity contribution in [2.24, 2.45) is 0 Å². The van der Waals surface area contributed by atoms with Crippen LogP contribution < -0.4 is 32.4 Å². The first-order valence-corrected chi connectivity index (χ1v) is 11.2. The van der Waals surface area contributed by atoms with Crippen molar-refractivity contribution in [3.8, 4) is 23.0 Å². The molecule has 12 heteroatoms. The van der Waals surface area contributed by atoms with Crippen LogP contribution in [-0.2, 0) is 5.67 Å². The molecule has 0 atom stereocenters. The molecule has 39 heavy (non-hydrogen) atoms. The molecule has 0 radical (unpaired) electrons. The van der Waals surface area contributed by atoms with Gasteiger partial charge in [-0.1, -0.05) is 24.3 Å². The van der Waals surface area contributed by atoms with Crippen LogP contribution in [0.5, 0.6) is 23.0 Å². The van der Waals surface area contributed by atoms with E-state index in [2.05, 4.69) is 0 Å². The smallest absolute Gasteiger partial charge is 0.455 e. The van der Waals surface area contributed by atoms with E-state index >= 15 is 4.39 Å². The number of nitrogens with two attached hydrogens (primary N) is 4. The largest absolute Gasteiger partial charge is 0.457 e. The predicted molar refractivity (Wildman–Crippen MR) is 136 cm³/mol. The number of alkyl halides is 6. The van der Waals surface area contributed by atoms with Gasteiger partial charge in [0, 0.05) is 22.5 Å². The van der Waals surface area contributed by atoms with Gasteiger partial charge in [-0.15, -0.1) is 0 Å². The van der Waals surface area contributed by atoms with Gasteiger partial charge >= 0.3 is 12.1 Å². The van der Waals surface area contributed by atoms with Gasteiger partial charge < -0.3 is 32.4 Å². The maximum atomic E-state index is 16.2. The molecule has 0 heterocycles. The highest BCUT2D eigenvalue weighted by molar-refractivity contribution is 5.62.